The van der Waals surface area contributed by atoms with E-state index in [0.29, 0.717) is 29.3 Å². The topological polar surface area (TPSA) is 131 Å². The van der Waals surface area contributed by atoms with Crippen LogP contribution in [-0.2, 0) is 9.59 Å². The van der Waals surface area contributed by atoms with Gasteiger partial charge in [0.1, 0.15) is 5.75 Å². The van der Waals surface area contributed by atoms with Gasteiger partial charge >= 0.3 is 11.8 Å². The van der Waals surface area contributed by atoms with Gasteiger partial charge in [-0.2, -0.15) is 0 Å². The van der Waals surface area contributed by atoms with Gasteiger partial charge in [0.15, 0.2) is 12.2 Å². The minimum absolute atomic E-state index is 0.0907. The van der Waals surface area contributed by atoms with Crippen LogP contribution >= 0.6 is 0 Å². The molecule has 0 aliphatic rings. The molecule has 0 atom stereocenters. The summed E-state index contributed by atoms with van der Waals surface area (Å²) in [6, 6.07) is 5.04. The molecule has 0 saturated heterocycles. The highest BCUT2D eigenvalue weighted by atomic mass is 16.5. The zero-order valence-corrected chi connectivity index (χ0v) is 17.4. The number of amides is 2. The van der Waals surface area contributed by atoms with Gasteiger partial charge in [-0.15, -0.1) is 0 Å². The van der Waals surface area contributed by atoms with Crippen LogP contribution in [0.5, 0.6) is 5.75 Å². The van der Waals surface area contributed by atoms with Crippen LogP contribution < -0.4 is 20.7 Å². The number of aliphatic hydroxyl groups is 1. The van der Waals surface area contributed by atoms with Gasteiger partial charge in [-0.25, -0.2) is 4.98 Å². The summed E-state index contributed by atoms with van der Waals surface area (Å²) < 4.78 is 10.8. The zero-order valence-electron chi connectivity index (χ0n) is 17.4. The van der Waals surface area contributed by atoms with E-state index in [9.17, 15) is 14.7 Å². The van der Waals surface area contributed by atoms with Crippen LogP contribution in [0.15, 0.2) is 35.2 Å². The van der Waals surface area contributed by atoms with Crippen molar-refractivity contribution < 1.29 is 23.8 Å². The first-order chi connectivity index (χ1) is 13.5. The number of aromatic nitrogens is 1. The summed E-state index contributed by atoms with van der Waals surface area (Å²) in [6.07, 6.45) is 2.86. The molecule has 29 heavy (non-hydrogen) atoms. The van der Waals surface area contributed by atoms with E-state index >= 15 is 0 Å². The Hall–Kier alpha value is -2.91. The number of nitrogens with one attached hydrogen (secondary N) is 1. The molecular weight excluding hydrogens is 376 g/mol. The van der Waals surface area contributed by atoms with Crippen molar-refractivity contribution in [1.29, 1.82) is 0 Å². The predicted octanol–water partition coefficient (Wildman–Crippen LogP) is 1.31. The fourth-order valence-electron chi connectivity index (χ4n) is 2.81. The van der Waals surface area contributed by atoms with Crippen molar-refractivity contribution in [2.75, 3.05) is 25.2 Å². The molecule has 4 N–H and O–H groups in total. The molecule has 0 saturated carbocycles. The molecule has 9 heteroatoms. The van der Waals surface area contributed by atoms with E-state index in [0.717, 1.165) is 0 Å². The molecule has 0 aliphatic heterocycles. The van der Waals surface area contributed by atoms with Gasteiger partial charge in [0, 0.05) is 23.8 Å². The van der Waals surface area contributed by atoms with E-state index in [1.807, 2.05) is 13.8 Å². The monoisotopic (exact) mass is 404 g/mol. The number of rotatable bonds is 8. The van der Waals surface area contributed by atoms with Crippen molar-refractivity contribution in [3.05, 3.63) is 30.8 Å². The zero-order chi connectivity index (χ0) is 21.8. The van der Waals surface area contributed by atoms with Gasteiger partial charge in [-0.05, 0) is 39.8 Å². The van der Waals surface area contributed by atoms with E-state index in [4.69, 9.17) is 14.9 Å². The Kier molecular flexibility index (Phi) is 6.66. The minimum atomic E-state index is -1.07. The average Bonchev–Trinajstić information content (AvgIpc) is 3.21. The number of benzene rings is 1. The van der Waals surface area contributed by atoms with Crippen molar-refractivity contribution in [2.45, 2.75) is 38.8 Å². The highest BCUT2D eigenvalue weighted by molar-refractivity contribution is 6.40. The van der Waals surface area contributed by atoms with Crippen molar-refractivity contribution >= 4 is 17.5 Å². The predicted molar refractivity (Wildman–Crippen MR) is 108 cm³/mol. The Morgan fingerprint density at radius 2 is 2.00 bits per heavy atom. The summed E-state index contributed by atoms with van der Waals surface area (Å²) in [7, 11) is 1.50. The summed E-state index contributed by atoms with van der Waals surface area (Å²) >= 11 is 0. The smallest absolute Gasteiger partial charge is 0.316 e. The van der Waals surface area contributed by atoms with Crippen LogP contribution in [0, 0.1) is 0 Å². The maximum atomic E-state index is 12.7. The molecule has 2 amide bonds. The van der Waals surface area contributed by atoms with Crippen LogP contribution in [0.3, 0.4) is 0 Å². The van der Waals surface area contributed by atoms with Crippen LogP contribution in [0.4, 0.5) is 5.69 Å². The van der Waals surface area contributed by atoms with E-state index in [1.165, 1.54) is 18.4 Å². The third-order valence-corrected chi connectivity index (χ3v) is 4.56. The van der Waals surface area contributed by atoms with E-state index in [1.54, 1.807) is 38.2 Å². The van der Waals surface area contributed by atoms with E-state index in [2.05, 4.69) is 10.3 Å². The number of aliphatic hydroxyl groups excluding tert-OH is 1. The Labute approximate surface area is 169 Å². The lowest BCUT2D eigenvalue weighted by molar-refractivity contribution is -0.136. The second-order valence-electron chi connectivity index (χ2n) is 7.96. The quantitative estimate of drug-likeness (QED) is 0.565. The molecule has 0 spiro atoms. The van der Waals surface area contributed by atoms with Crippen molar-refractivity contribution in [1.82, 2.24) is 10.3 Å². The summed E-state index contributed by atoms with van der Waals surface area (Å²) in [5.41, 5.74) is 4.98. The van der Waals surface area contributed by atoms with E-state index in [-0.39, 0.29) is 6.61 Å². The van der Waals surface area contributed by atoms with Crippen LogP contribution in [0.2, 0.25) is 0 Å². The van der Waals surface area contributed by atoms with Crippen molar-refractivity contribution in [3.8, 4) is 17.1 Å². The highest BCUT2D eigenvalue weighted by Gasteiger charge is 2.36. The number of primary amides is 1. The summed E-state index contributed by atoms with van der Waals surface area (Å²) in [4.78, 5) is 29.7. The lowest BCUT2D eigenvalue weighted by Gasteiger charge is -2.40. The number of hydrogen-bond acceptors (Lipinski definition) is 7. The third-order valence-electron chi connectivity index (χ3n) is 4.56. The number of nitrogens with two attached hydrogens (primary N) is 1. The van der Waals surface area contributed by atoms with Gasteiger partial charge in [0.25, 0.3) is 0 Å². The summed E-state index contributed by atoms with van der Waals surface area (Å²) in [5, 5.41) is 12.7. The molecule has 0 fully saturated rings. The van der Waals surface area contributed by atoms with Crippen LogP contribution in [0.25, 0.3) is 11.3 Å². The number of methoxy groups -OCH3 is 1. The Bertz CT molecular complexity index is 862. The molecular formula is C20H28N4O5. The Morgan fingerprint density at radius 3 is 2.52 bits per heavy atom. The maximum absolute atomic E-state index is 12.7. The molecule has 1 heterocycles. The summed E-state index contributed by atoms with van der Waals surface area (Å²) in [5.74, 6) is -0.974. The molecule has 2 rings (SSSR count). The first-order valence-corrected chi connectivity index (χ1v) is 9.09. The number of anilines is 1. The molecule has 158 valence electrons. The van der Waals surface area contributed by atoms with Gasteiger partial charge in [-0.1, -0.05) is 0 Å². The summed E-state index contributed by atoms with van der Waals surface area (Å²) in [6.45, 7) is 7.46. The molecule has 1 aromatic carbocycles. The molecule has 0 unspecified atom stereocenters. The largest absolute Gasteiger partial charge is 0.496 e. The minimum Gasteiger partial charge on any atom is -0.496 e. The molecule has 0 aliphatic carbocycles. The molecule has 2 aromatic rings. The SMILES string of the molecule is COc1cc(N(C(=O)C(N)=O)C(C)(C)CNC(C)(C)CO)ccc1-c1cnco1. The van der Waals surface area contributed by atoms with Gasteiger partial charge < -0.3 is 25.3 Å². The first kappa shape index (κ1) is 22.4. The molecule has 9 nitrogen and oxygen atoms in total. The van der Waals surface area contributed by atoms with Crippen LogP contribution in [-0.4, -0.2) is 53.2 Å². The number of ether oxygens (including phenoxy) is 1. The number of carbonyl (C=O) groups excluding carboxylic acids is 2. The fraction of sp³-hybridized carbons (Fsp3) is 0.450. The van der Waals surface area contributed by atoms with Gasteiger partial charge in [0.2, 0.25) is 0 Å². The maximum Gasteiger partial charge on any atom is 0.316 e. The molecule has 0 bridgehead atoms. The Balaban J connectivity index is 2.47. The fourth-order valence-corrected chi connectivity index (χ4v) is 2.81. The molecule has 0 radical (unpaired) electrons. The first-order valence-electron chi connectivity index (χ1n) is 9.09. The average molecular weight is 404 g/mol. The van der Waals surface area contributed by atoms with Gasteiger partial charge in [-0.3, -0.25) is 14.5 Å². The second kappa shape index (κ2) is 8.62. The Morgan fingerprint density at radius 1 is 1.31 bits per heavy atom. The second-order valence-corrected chi connectivity index (χ2v) is 7.96. The van der Waals surface area contributed by atoms with Crippen molar-refractivity contribution in [3.63, 3.8) is 0 Å². The van der Waals surface area contributed by atoms with E-state index < -0.39 is 22.9 Å². The highest BCUT2D eigenvalue weighted by Crippen LogP contribution is 2.35. The number of carbonyl (C=O) groups is 2. The lowest BCUT2D eigenvalue weighted by atomic mass is 9.97. The molecule has 1 aromatic heterocycles. The number of oxazole rings is 1. The standard InChI is InChI=1S/C20H28N4O5/c1-19(2,11-25)23-10-20(3,4)24(18(27)17(21)26)13-6-7-14(15(8-13)28-5)16-9-22-12-29-16/h6-9,12,23,25H,10-11H2,1-5H3,(H2,21,26). The van der Waals surface area contributed by atoms with Crippen molar-refractivity contribution in [2.24, 2.45) is 5.73 Å². The van der Waals surface area contributed by atoms with Crippen LogP contribution in [0.1, 0.15) is 27.7 Å². The lowest BCUT2D eigenvalue weighted by Crippen LogP contribution is -2.59. The number of nitrogens with zero attached hydrogens (tertiary/aromatic N) is 2. The normalized spacial score (nSPS) is 11.9. The number of hydrogen-bond donors (Lipinski definition) is 3. The third kappa shape index (κ3) is 5.12. The van der Waals surface area contributed by atoms with Gasteiger partial charge in [0.05, 0.1) is 31.0 Å².